The van der Waals surface area contributed by atoms with Crippen molar-refractivity contribution in [3.05, 3.63) is 66.9 Å². The molecule has 2 aromatic heterocycles. The Morgan fingerprint density at radius 1 is 1.19 bits per heavy atom. The lowest BCUT2D eigenvalue weighted by molar-refractivity contribution is 0.585. The van der Waals surface area contributed by atoms with Crippen LogP contribution in [0.3, 0.4) is 0 Å². The van der Waals surface area contributed by atoms with E-state index in [1.54, 1.807) is 26.2 Å². The van der Waals surface area contributed by atoms with Gasteiger partial charge >= 0.3 is 0 Å². The molecular formula is C23H25N5O2S. The number of aromatic nitrogens is 2. The van der Waals surface area contributed by atoms with Crippen molar-refractivity contribution < 1.29 is 8.42 Å². The van der Waals surface area contributed by atoms with Crippen molar-refractivity contribution in [3.8, 4) is 6.07 Å². The summed E-state index contributed by atoms with van der Waals surface area (Å²) in [6, 6.07) is 14.3. The summed E-state index contributed by atoms with van der Waals surface area (Å²) in [7, 11) is -3.61. The van der Waals surface area contributed by atoms with E-state index >= 15 is 0 Å². The number of anilines is 2. The number of hydrogen-bond acceptors (Lipinski definition) is 5. The Hall–Kier alpha value is -3.31. The van der Waals surface area contributed by atoms with E-state index in [1.807, 2.05) is 23.1 Å². The van der Waals surface area contributed by atoms with Crippen molar-refractivity contribution >= 4 is 32.3 Å². The lowest BCUT2D eigenvalue weighted by atomic mass is 10.2. The van der Waals surface area contributed by atoms with Crippen LogP contribution in [0.25, 0.3) is 10.9 Å². The van der Waals surface area contributed by atoms with Crippen molar-refractivity contribution in [3.63, 3.8) is 0 Å². The first-order valence-electron chi connectivity index (χ1n) is 10.2. The van der Waals surface area contributed by atoms with E-state index < -0.39 is 15.3 Å². The Morgan fingerprint density at radius 2 is 1.97 bits per heavy atom. The van der Waals surface area contributed by atoms with Gasteiger partial charge < -0.3 is 9.47 Å². The average molecular weight is 436 g/mol. The summed E-state index contributed by atoms with van der Waals surface area (Å²) < 4.78 is 29.6. The molecule has 0 unspecified atom stereocenters. The van der Waals surface area contributed by atoms with Crippen LogP contribution < -0.4 is 9.21 Å². The third-order valence-corrected chi connectivity index (χ3v) is 7.68. The molecule has 0 atom stereocenters. The van der Waals surface area contributed by atoms with Gasteiger partial charge in [-0.25, -0.2) is 12.7 Å². The van der Waals surface area contributed by atoms with Crippen molar-refractivity contribution in [1.29, 1.82) is 5.26 Å². The minimum atomic E-state index is -3.61. The zero-order valence-corrected chi connectivity index (χ0v) is 18.5. The molecule has 0 saturated carbocycles. The number of pyridine rings is 1. The molecule has 0 aliphatic carbocycles. The molecule has 4 rings (SSSR count). The van der Waals surface area contributed by atoms with Gasteiger partial charge in [-0.05, 0) is 43.9 Å². The largest absolute Gasteiger partial charge is 0.343 e. The first-order valence-corrected chi connectivity index (χ1v) is 11.7. The van der Waals surface area contributed by atoms with Gasteiger partial charge in [-0.15, -0.1) is 0 Å². The summed E-state index contributed by atoms with van der Waals surface area (Å²) in [5.74, 6) is 0.394. The summed E-state index contributed by atoms with van der Waals surface area (Å²) in [4.78, 5) is 6.07. The Bertz CT molecular complexity index is 1290. The van der Waals surface area contributed by atoms with E-state index in [0.29, 0.717) is 31.0 Å². The van der Waals surface area contributed by atoms with Crippen LogP contribution in [0, 0.1) is 11.3 Å². The molecule has 3 heterocycles. The number of unbranched alkanes of at least 4 members (excludes halogenated alkanes) is 1. The van der Waals surface area contributed by atoms with Gasteiger partial charge in [0, 0.05) is 30.4 Å². The number of fused-ring (bicyclic) bond motifs is 2. The second-order valence-electron chi connectivity index (χ2n) is 7.83. The number of rotatable bonds is 7. The second-order valence-corrected chi connectivity index (χ2v) is 10.2. The van der Waals surface area contributed by atoms with Crippen LogP contribution in [0.5, 0.6) is 0 Å². The van der Waals surface area contributed by atoms with E-state index in [1.165, 1.54) is 4.31 Å². The van der Waals surface area contributed by atoms with E-state index in [9.17, 15) is 8.42 Å². The zero-order chi connectivity index (χ0) is 22.2. The number of sulfonamides is 1. The van der Waals surface area contributed by atoms with Crippen LogP contribution in [0.15, 0.2) is 61.2 Å². The molecule has 7 nitrogen and oxygen atoms in total. The van der Waals surface area contributed by atoms with Crippen molar-refractivity contribution in [1.82, 2.24) is 9.55 Å². The zero-order valence-electron chi connectivity index (χ0n) is 17.7. The second kappa shape index (κ2) is 8.08. The number of nitrogens with zero attached hydrogens (tertiary/aromatic N) is 5. The molecule has 31 heavy (non-hydrogen) atoms. The topological polar surface area (TPSA) is 82.2 Å². The first-order chi connectivity index (χ1) is 14.9. The highest BCUT2D eigenvalue weighted by Gasteiger charge is 2.39. The number of aryl methyl sites for hydroxylation is 1. The smallest absolute Gasteiger partial charge is 0.243 e. The van der Waals surface area contributed by atoms with Gasteiger partial charge in [0.25, 0.3) is 0 Å². The molecule has 1 aliphatic rings. The van der Waals surface area contributed by atoms with E-state index in [2.05, 4.69) is 40.4 Å². The number of benzene rings is 1. The lowest BCUT2D eigenvalue weighted by Gasteiger charge is -2.25. The van der Waals surface area contributed by atoms with Crippen LogP contribution in [0.2, 0.25) is 0 Å². The Balaban J connectivity index is 1.76. The standard InChI is InChI=1S/C23H25N5O2S/c1-17(2)31(29,30)28-18(3)27(22-10-12-25-15-23(22)28)16-20-14-19-8-4-5-9-21(19)26(20)13-7-6-11-24/h4-5,8-10,12,14-15,17H,3,6-7,13,16H2,1-2H3. The average Bonchev–Trinajstić information content (AvgIpc) is 3.24. The maximum Gasteiger partial charge on any atom is 0.243 e. The van der Waals surface area contributed by atoms with Gasteiger partial charge in [-0.3, -0.25) is 4.98 Å². The fourth-order valence-electron chi connectivity index (χ4n) is 3.96. The minimum Gasteiger partial charge on any atom is -0.343 e. The number of nitriles is 1. The molecule has 0 fully saturated rings. The molecule has 3 aromatic rings. The predicted octanol–water partition coefficient (Wildman–Crippen LogP) is 4.38. The van der Waals surface area contributed by atoms with Gasteiger partial charge in [0.2, 0.25) is 10.0 Å². The number of para-hydroxylation sites is 1. The first kappa shape index (κ1) is 20.9. The SMILES string of the molecule is C=C1N(Cc2cc3ccccc3n2CCCC#N)c2ccncc2N1S(=O)(=O)C(C)C. The fourth-order valence-corrected chi connectivity index (χ4v) is 5.19. The van der Waals surface area contributed by atoms with Gasteiger partial charge in [0.15, 0.2) is 0 Å². The Kier molecular flexibility index (Phi) is 5.46. The van der Waals surface area contributed by atoms with Crippen LogP contribution in [0.1, 0.15) is 32.4 Å². The Morgan fingerprint density at radius 3 is 2.71 bits per heavy atom. The molecular weight excluding hydrogens is 410 g/mol. The lowest BCUT2D eigenvalue weighted by Crippen LogP contribution is -2.37. The summed E-state index contributed by atoms with van der Waals surface area (Å²) in [6.07, 6.45) is 4.46. The quantitative estimate of drug-likeness (QED) is 0.515. The van der Waals surface area contributed by atoms with Crippen LogP contribution >= 0.6 is 0 Å². The number of hydrogen-bond donors (Lipinski definition) is 0. The molecule has 8 heteroatoms. The highest BCUT2D eigenvalue weighted by Crippen LogP contribution is 2.43. The summed E-state index contributed by atoms with van der Waals surface area (Å²) >= 11 is 0. The Labute approximate surface area is 182 Å². The maximum atomic E-state index is 13.1. The molecule has 0 bridgehead atoms. The van der Waals surface area contributed by atoms with Gasteiger partial charge in [-0.1, -0.05) is 24.8 Å². The molecule has 0 N–H and O–H groups in total. The van der Waals surface area contributed by atoms with Crippen molar-refractivity contribution in [2.45, 2.75) is 45.0 Å². The van der Waals surface area contributed by atoms with E-state index in [4.69, 9.17) is 5.26 Å². The highest BCUT2D eigenvalue weighted by molar-refractivity contribution is 7.93. The van der Waals surface area contributed by atoms with Gasteiger partial charge in [0.1, 0.15) is 11.5 Å². The molecule has 1 aliphatic heterocycles. The molecule has 0 radical (unpaired) electrons. The van der Waals surface area contributed by atoms with E-state index in [-0.39, 0.29) is 0 Å². The van der Waals surface area contributed by atoms with Crippen LogP contribution in [0.4, 0.5) is 11.4 Å². The van der Waals surface area contributed by atoms with Crippen LogP contribution in [-0.2, 0) is 23.1 Å². The molecule has 0 spiro atoms. The molecule has 160 valence electrons. The third kappa shape index (κ3) is 3.55. The van der Waals surface area contributed by atoms with Crippen LogP contribution in [-0.4, -0.2) is 23.2 Å². The minimum absolute atomic E-state index is 0.394. The monoisotopic (exact) mass is 435 g/mol. The highest BCUT2D eigenvalue weighted by atomic mass is 32.2. The fraction of sp³-hybridized carbons (Fsp3) is 0.304. The summed E-state index contributed by atoms with van der Waals surface area (Å²) in [5.41, 5.74) is 3.42. The third-order valence-electron chi connectivity index (χ3n) is 5.57. The van der Waals surface area contributed by atoms with Gasteiger partial charge in [0.05, 0.1) is 29.7 Å². The maximum absolute atomic E-state index is 13.1. The van der Waals surface area contributed by atoms with Gasteiger partial charge in [-0.2, -0.15) is 5.26 Å². The molecule has 1 aromatic carbocycles. The predicted molar refractivity (Wildman–Crippen MR) is 123 cm³/mol. The molecule has 0 amide bonds. The van der Waals surface area contributed by atoms with E-state index in [0.717, 1.165) is 28.7 Å². The normalized spacial score (nSPS) is 13.8. The van der Waals surface area contributed by atoms with Crippen molar-refractivity contribution in [2.24, 2.45) is 0 Å². The summed E-state index contributed by atoms with van der Waals surface area (Å²) in [5, 5.41) is 9.48. The molecule has 0 saturated heterocycles. The van der Waals surface area contributed by atoms with Crippen molar-refractivity contribution in [2.75, 3.05) is 9.21 Å². The summed E-state index contributed by atoms with van der Waals surface area (Å²) in [6.45, 7) is 8.63.